The van der Waals surface area contributed by atoms with Gasteiger partial charge in [0, 0.05) is 0 Å². The smallest absolute Gasteiger partial charge is 0.270 e. The van der Waals surface area contributed by atoms with Gasteiger partial charge in [-0.1, -0.05) is 50.0 Å². The van der Waals surface area contributed by atoms with Crippen LogP contribution in [0.3, 0.4) is 0 Å². The van der Waals surface area contributed by atoms with E-state index in [2.05, 4.69) is 13.8 Å². The first-order valence-corrected chi connectivity index (χ1v) is 10.7. The van der Waals surface area contributed by atoms with Crippen molar-refractivity contribution in [1.29, 1.82) is 0 Å². The second kappa shape index (κ2) is 9.01. The minimum atomic E-state index is -0.109. The summed E-state index contributed by atoms with van der Waals surface area (Å²) >= 11 is 6.79. The largest absolute Gasteiger partial charge is 0.493 e. The second-order valence-electron chi connectivity index (χ2n) is 7.40. The van der Waals surface area contributed by atoms with E-state index in [1.807, 2.05) is 56.3 Å². The third kappa shape index (κ3) is 4.82. The number of carbonyl (C=O) groups is 1. The van der Waals surface area contributed by atoms with Gasteiger partial charge in [0.2, 0.25) is 0 Å². The van der Waals surface area contributed by atoms with Crippen molar-refractivity contribution in [2.24, 2.45) is 5.92 Å². The van der Waals surface area contributed by atoms with E-state index in [-0.39, 0.29) is 5.91 Å². The molecule has 0 radical (unpaired) electrons. The highest BCUT2D eigenvalue weighted by atomic mass is 32.2. The van der Waals surface area contributed by atoms with Gasteiger partial charge in [0.05, 0.1) is 24.3 Å². The summed E-state index contributed by atoms with van der Waals surface area (Å²) in [6.45, 7) is 8.88. The number of thiocarbonyl (C=S) groups is 1. The van der Waals surface area contributed by atoms with Crippen LogP contribution in [0.25, 0.3) is 6.08 Å². The van der Waals surface area contributed by atoms with Gasteiger partial charge < -0.3 is 9.47 Å². The molecule has 0 aliphatic carbocycles. The number of methoxy groups -OCH3 is 1. The van der Waals surface area contributed by atoms with Gasteiger partial charge >= 0.3 is 0 Å². The molecule has 0 N–H and O–H groups in total. The lowest BCUT2D eigenvalue weighted by molar-refractivity contribution is -0.113. The van der Waals surface area contributed by atoms with Crippen LogP contribution >= 0.6 is 24.0 Å². The van der Waals surface area contributed by atoms with Crippen LogP contribution in [-0.4, -0.2) is 23.9 Å². The molecule has 1 aliphatic rings. The number of benzene rings is 2. The third-order valence-electron chi connectivity index (χ3n) is 4.60. The molecule has 1 aliphatic heterocycles. The number of hydrogen-bond donors (Lipinski definition) is 0. The topological polar surface area (TPSA) is 38.8 Å². The van der Waals surface area contributed by atoms with Crippen LogP contribution < -0.4 is 14.4 Å². The Balaban J connectivity index is 1.86. The van der Waals surface area contributed by atoms with E-state index >= 15 is 0 Å². The van der Waals surface area contributed by atoms with Crippen LogP contribution in [0.5, 0.6) is 11.5 Å². The van der Waals surface area contributed by atoms with Crippen molar-refractivity contribution in [2.75, 3.05) is 18.6 Å². The molecule has 0 spiro atoms. The summed E-state index contributed by atoms with van der Waals surface area (Å²) in [5, 5.41) is 0. The van der Waals surface area contributed by atoms with Gasteiger partial charge in [0.1, 0.15) is 0 Å². The normalized spacial score (nSPS) is 15.5. The maximum absolute atomic E-state index is 13.0. The first kappa shape index (κ1) is 21.4. The molecule has 0 unspecified atom stereocenters. The number of hydrogen-bond acceptors (Lipinski definition) is 5. The minimum absolute atomic E-state index is 0.109. The summed E-state index contributed by atoms with van der Waals surface area (Å²) in [5.74, 6) is 1.65. The molecule has 3 rings (SSSR count). The fourth-order valence-electron chi connectivity index (χ4n) is 2.86. The Hall–Kier alpha value is -2.31. The summed E-state index contributed by atoms with van der Waals surface area (Å²) < 4.78 is 11.8. The second-order valence-corrected chi connectivity index (χ2v) is 9.08. The number of aryl methyl sites for hydroxylation is 2. The molecule has 1 amide bonds. The molecule has 2 aromatic rings. The average Bonchev–Trinajstić information content (AvgIpc) is 2.96. The lowest BCUT2D eigenvalue weighted by atomic mass is 10.1. The van der Waals surface area contributed by atoms with E-state index in [4.69, 9.17) is 21.7 Å². The van der Waals surface area contributed by atoms with Gasteiger partial charge in [-0.2, -0.15) is 0 Å². The fraction of sp³-hybridized carbons (Fsp3) is 0.304. The Morgan fingerprint density at radius 2 is 1.86 bits per heavy atom. The first-order valence-electron chi connectivity index (χ1n) is 9.46. The highest BCUT2D eigenvalue weighted by Crippen LogP contribution is 2.37. The number of rotatable bonds is 6. The molecule has 2 aromatic carbocycles. The van der Waals surface area contributed by atoms with Gasteiger partial charge in [0.15, 0.2) is 15.8 Å². The Labute approximate surface area is 181 Å². The number of amides is 1. The van der Waals surface area contributed by atoms with Crippen LogP contribution in [0.2, 0.25) is 0 Å². The molecule has 4 nitrogen and oxygen atoms in total. The zero-order valence-corrected chi connectivity index (χ0v) is 18.9. The van der Waals surface area contributed by atoms with Crippen LogP contribution in [-0.2, 0) is 4.79 Å². The lowest BCUT2D eigenvalue weighted by Crippen LogP contribution is -2.27. The molecule has 1 heterocycles. The Morgan fingerprint density at radius 3 is 2.52 bits per heavy atom. The van der Waals surface area contributed by atoms with E-state index in [0.29, 0.717) is 33.2 Å². The van der Waals surface area contributed by atoms with Crippen molar-refractivity contribution < 1.29 is 14.3 Å². The van der Waals surface area contributed by atoms with Crippen molar-refractivity contribution in [2.45, 2.75) is 27.7 Å². The fourth-order valence-corrected chi connectivity index (χ4v) is 4.16. The monoisotopic (exact) mass is 427 g/mol. The Morgan fingerprint density at radius 1 is 1.10 bits per heavy atom. The van der Waals surface area contributed by atoms with E-state index in [1.165, 1.54) is 17.3 Å². The van der Waals surface area contributed by atoms with Gasteiger partial charge in [-0.3, -0.25) is 9.69 Å². The van der Waals surface area contributed by atoms with Crippen LogP contribution in [0.1, 0.15) is 30.5 Å². The van der Waals surface area contributed by atoms with Gasteiger partial charge in [-0.25, -0.2) is 0 Å². The van der Waals surface area contributed by atoms with Crippen molar-refractivity contribution in [1.82, 2.24) is 0 Å². The zero-order chi connectivity index (χ0) is 21.1. The van der Waals surface area contributed by atoms with Crippen molar-refractivity contribution in [3.8, 4) is 11.5 Å². The number of nitrogens with zero attached hydrogens (tertiary/aromatic N) is 1. The standard InChI is InChI=1S/C23H25NO3S2/c1-14(2)13-27-19-9-7-17(11-20(19)26-5)12-21-22(25)24(23(28)29-21)18-8-6-15(3)16(4)10-18/h6-12,14H,13H2,1-5H3/b21-12+. The summed E-state index contributed by atoms with van der Waals surface area (Å²) in [7, 11) is 1.61. The molecule has 1 fully saturated rings. The van der Waals surface area contributed by atoms with Crippen LogP contribution in [0.4, 0.5) is 5.69 Å². The number of carbonyl (C=O) groups excluding carboxylic acids is 1. The lowest BCUT2D eigenvalue weighted by Gasteiger charge is -2.16. The summed E-state index contributed by atoms with van der Waals surface area (Å²) in [6.07, 6.45) is 1.84. The van der Waals surface area contributed by atoms with E-state index in [0.717, 1.165) is 16.8 Å². The number of ether oxygens (including phenoxy) is 2. The minimum Gasteiger partial charge on any atom is -0.493 e. The number of anilines is 1. The maximum Gasteiger partial charge on any atom is 0.270 e. The predicted octanol–water partition coefficient (Wildman–Crippen LogP) is 5.75. The SMILES string of the molecule is COc1cc(/C=C2/SC(=S)N(c3ccc(C)c(C)c3)C2=O)ccc1OCC(C)C. The highest BCUT2D eigenvalue weighted by Gasteiger charge is 2.33. The summed E-state index contributed by atoms with van der Waals surface area (Å²) in [6, 6.07) is 11.6. The quantitative estimate of drug-likeness (QED) is 0.433. The molecule has 152 valence electrons. The Bertz CT molecular complexity index is 982. The molecule has 0 aromatic heterocycles. The Kier molecular flexibility index (Phi) is 6.65. The van der Waals surface area contributed by atoms with Crippen molar-refractivity contribution >= 4 is 46.0 Å². The first-order chi connectivity index (χ1) is 13.8. The van der Waals surface area contributed by atoms with Crippen LogP contribution in [0.15, 0.2) is 41.3 Å². The molecule has 0 saturated carbocycles. The summed E-state index contributed by atoms with van der Waals surface area (Å²) in [4.78, 5) is 15.2. The molecule has 1 saturated heterocycles. The molecule has 0 bridgehead atoms. The van der Waals surface area contributed by atoms with E-state index < -0.39 is 0 Å². The third-order valence-corrected chi connectivity index (χ3v) is 5.90. The van der Waals surface area contributed by atoms with Gasteiger partial charge in [0.25, 0.3) is 5.91 Å². The molecule has 6 heteroatoms. The zero-order valence-electron chi connectivity index (χ0n) is 17.3. The van der Waals surface area contributed by atoms with E-state index in [1.54, 1.807) is 12.0 Å². The molecule has 29 heavy (non-hydrogen) atoms. The maximum atomic E-state index is 13.0. The van der Waals surface area contributed by atoms with Gasteiger partial charge in [-0.05, 0) is 66.8 Å². The van der Waals surface area contributed by atoms with Crippen molar-refractivity contribution in [3.63, 3.8) is 0 Å². The van der Waals surface area contributed by atoms with E-state index in [9.17, 15) is 4.79 Å². The number of thioether (sulfide) groups is 1. The van der Waals surface area contributed by atoms with Gasteiger partial charge in [-0.15, -0.1) is 0 Å². The van der Waals surface area contributed by atoms with Crippen molar-refractivity contribution in [3.05, 3.63) is 58.0 Å². The molecular weight excluding hydrogens is 402 g/mol. The average molecular weight is 428 g/mol. The summed E-state index contributed by atoms with van der Waals surface area (Å²) in [5.41, 5.74) is 3.97. The van der Waals surface area contributed by atoms with Crippen LogP contribution in [0, 0.1) is 19.8 Å². The highest BCUT2D eigenvalue weighted by molar-refractivity contribution is 8.27. The predicted molar refractivity (Wildman–Crippen MR) is 125 cm³/mol. The molecule has 0 atom stereocenters. The molecular formula is C23H25NO3S2.